The lowest BCUT2D eigenvalue weighted by atomic mass is 10.1. The molecule has 0 amide bonds. The average molecular weight is 222 g/mol. The monoisotopic (exact) mass is 222 g/mol. The molecule has 2 heterocycles. The number of aliphatic hydroxyl groups excluding tert-OH is 1. The summed E-state index contributed by atoms with van der Waals surface area (Å²) in [5.74, 6) is 0. The fraction of sp³-hybridized carbons (Fsp3) is 0.583. The molecular formula is C12H18N2O2. The van der Waals surface area contributed by atoms with E-state index in [1.807, 2.05) is 13.8 Å². The summed E-state index contributed by atoms with van der Waals surface area (Å²) in [6.07, 6.45) is 1.53. The first-order valence-electron chi connectivity index (χ1n) is 5.65. The third-order valence-corrected chi connectivity index (χ3v) is 3.38. The van der Waals surface area contributed by atoms with Gasteiger partial charge in [0.05, 0.1) is 11.8 Å². The van der Waals surface area contributed by atoms with Gasteiger partial charge in [-0.1, -0.05) is 0 Å². The Morgan fingerprint density at radius 3 is 2.81 bits per heavy atom. The zero-order valence-electron chi connectivity index (χ0n) is 9.79. The quantitative estimate of drug-likeness (QED) is 0.750. The number of carbonyl (C=O) groups is 1. The number of nitrogens with zero attached hydrogens (tertiary/aromatic N) is 1. The number of H-pyrrole nitrogens is 1. The molecule has 4 heteroatoms. The lowest BCUT2D eigenvalue weighted by Gasteiger charge is -2.15. The highest BCUT2D eigenvalue weighted by molar-refractivity contribution is 5.75. The van der Waals surface area contributed by atoms with Gasteiger partial charge >= 0.3 is 0 Å². The summed E-state index contributed by atoms with van der Waals surface area (Å²) in [5.41, 5.74) is 3.96. The molecule has 1 saturated heterocycles. The smallest absolute Gasteiger partial charge is 0.166 e. The van der Waals surface area contributed by atoms with Crippen molar-refractivity contribution in [3.05, 3.63) is 22.5 Å². The highest BCUT2D eigenvalue weighted by Crippen LogP contribution is 2.21. The molecule has 2 rings (SSSR count). The first kappa shape index (κ1) is 11.4. The molecule has 0 saturated carbocycles. The highest BCUT2D eigenvalue weighted by atomic mass is 16.3. The van der Waals surface area contributed by atoms with Gasteiger partial charge in [-0.15, -0.1) is 0 Å². The molecule has 1 aliphatic heterocycles. The Morgan fingerprint density at radius 1 is 1.56 bits per heavy atom. The Kier molecular flexibility index (Phi) is 3.12. The van der Waals surface area contributed by atoms with E-state index >= 15 is 0 Å². The molecule has 2 N–H and O–H groups in total. The fourth-order valence-electron chi connectivity index (χ4n) is 2.35. The van der Waals surface area contributed by atoms with Gasteiger partial charge in [-0.25, -0.2) is 0 Å². The number of likely N-dealkylation sites (tertiary alicyclic amines) is 1. The topological polar surface area (TPSA) is 56.3 Å². The number of aromatic amines is 1. The van der Waals surface area contributed by atoms with Gasteiger partial charge < -0.3 is 10.1 Å². The number of aromatic nitrogens is 1. The second-order valence-electron chi connectivity index (χ2n) is 4.56. The molecule has 0 bridgehead atoms. The van der Waals surface area contributed by atoms with E-state index in [9.17, 15) is 9.90 Å². The summed E-state index contributed by atoms with van der Waals surface area (Å²) in [5, 5.41) is 9.46. The van der Waals surface area contributed by atoms with Crippen LogP contribution in [0.5, 0.6) is 0 Å². The van der Waals surface area contributed by atoms with Crippen molar-refractivity contribution in [1.82, 2.24) is 9.88 Å². The molecule has 1 fully saturated rings. The van der Waals surface area contributed by atoms with Crippen molar-refractivity contribution in [1.29, 1.82) is 0 Å². The third kappa shape index (κ3) is 2.03. The van der Waals surface area contributed by atoms with E-state index in [-0.39, 0.29) is 6.10 Å². The van der Waals surface area contributed by atoms with Crippen LogP contribution in [0.25, 0.3) is 0 Å². The summed E-state index contributed by atoms with van der Waals surface area (Å²) in [7, 11) is 0. The number of carbonyl (C=O) groups excluding carboxylic acids is 1. The Balaban J connectivity index is 2.15. The zero-order valence-corrected chi connectivity index (χ0v) is 9.79. The van der Waals surface area contributed by atoms with Gasteiger partial charge in [-0.05, 0) is 31.4 Å². The summed E-state index contributed by atoms with van der Waals surface area (Å²) >= 11 is 0. The number of rotatable bonds is 3. The number of aldehydes is 1. The first-order valence-corrected chi connectivity index (χ1v) is 5.65. The maximum atomic E-state index is 10.8. The van der Waals surface area contributed by atoms with Gasteiger partial charge in [0.15, 0.2) is 6.29 Å². The number of hydrogen-bond acceptors (Lipinski definition) is 3. The second kappa shape index (κ2) is 4.39. The van der Waals surface area contributed by atoms with Crippen LogP contribution in [0.15, 0.2) is 0 Å². The summed E-state index contributed by atoms with van der Waals surface area (Å²) < 4.78 is 0. The zero-order chi connectivity index (χ0) is 11.7. The molecule has 1 atom stereocenters. The van der Waals surface area contributed by atoms with Gasteiger partial charge in [0.2, 0.25) is 0 Å². The largest absolute Gasteiger partial charge is 0.392 e. The lowest BCUT2D eigenvalue weighted by molar-refractivity contribution is 0.111. The second-order valence-corrected chi connectivity index (χ2v) is 4.56. The molecule has 0 aromatic carbocycles. The Hall–Kier alpha value is -1.13. The fourth-order valence-corrected chi connectivity index (χ4v) is 2.35. The Labute approximate surface area is 95.3 Å². The Morgan fingerprint density at radius 2 is 2.31 bits per heavy atom. The molecule has 0 spiro atoms. The number of nitrogens with one attached hydrogen (secondary N) is 1. The molecule has 1 aromatic heterocycles. The van der Waals surface area contributed by atoms with E-state index in [0.29, 0.717) is 5.69 Å². The average Bonchev–Trinajstić information content (AvgIpc) is 2.77. The van der Waals surface area contributed by atoms with Crippen molar-refractivity contribution in [2.45, 2.75) is 32.9 Å². The summed E-state index contributed by atoms with van der Waals surface area (Å²) in [6, 6.07) is 0. The predicted molar refractivity (Wildman–Crippen MR) is 61.6 cm³/mol. The third-order valence-electron chi connectivity index (χ3n) is 3.38. The van der Waals surface area contributed by atoms with Crippen LogP contribution in [-0.2, 0) is 6.54 Å². The van der Waals surface area contributed by atoms with Crippen molar-refractivity contribution < 1.29 is 9.90 Å². The van der Waals surface area contributed by atoms with Gasteiger partial charge in [0.25, 0.3) is 0 Å². The minimum Gasteiger partial charge on any atom is -0.392 e. The lowest BCUT2D eigenvalue weighted by Crippen LogP contribution is -2.22. The number of aliphatic hydroxyl groups is 1. The van der Waals surface area contributed by atoms with E-state index in [4.69, 9.17) is 0 Å². The summed E-state index contributed by atoms with van der Waals surface area (Å²) in [6.45, 7) is 6.44. The maximum absolute atomic E-state index is 10.8. The van der Waals surface area contributed by atoms with Crippen molar-refractivity contribution in [2.75, 3.05) is 13.1 Å². The van der Waals surface area contributed by atoms with Crippen LogP contribution in [0.3, 0.4) is 0 Å². The van der Waals surface area contributed by atoms with Crippen molar-refractivity contribution in [2.24, 2.45) is 0 Å². The van der Waals surface area contributed by atoms with E-state index < -0.39 is 0 Å². The van der Waals surface area contributed by atoms with Gasteiger partial charge in [-0.2, -0.15) is 0 Å². The summed E-state index contributed by atoms with van der Waals surface area (Å²) in [4.78, 5) is 16.1. The molecule has 4 nitrogen and oxygen atoms in total. The predicted octanol–water partition coefficient (Wildman–Crippen LogP) is 1.01. The maximum Gasteiger partial charge on any atom is 0.166 e. The van der Waals surface area contributed by atoms with Crippen LogP contribution >= 0.6 is 0 Å². The van der Waals surface area contributed by atoms with Crippen LogP contribution in [0.1, 0.15) is 33.7 Å². The standard InChI is InChI=1S/C12H18N2O2/c1-8-11(9(2)13-12(8)7-15)6-14-4-3-10(16)5-14/h7,10,13,16H,3-6H2,1-2H3/t10-/m1/s1. The van der Waals surface area contributed by atoms with Crippen LogP contribution in [-0.4, -0.2) is 40.5 Å². The normalized spacial score (nSPS) is 21.6. The van der Waals surface area contributed by atoms with Crippen LogP contribution < -0.4 is 0 Å². The van der Waals surface area contributed by atoms with Gasteiger partial charge in [0.1, 0.15) is 0 Å². The van der Waals surface area contributed by atoms with Crippen LogP contribution in [0.2, 0.25) is 0 Å². The number of hydrogen-bond donors (Lipinski definition) is 2. The highest BCUT2D eigenvalue weighted by Gasteiger charge is 2.22. The van der Waals surface area contributed by atoms with E-state index in [0.717, 1.165) is 43.6 Å². The first-order chi connectivity index (χ1) is 7.61. The molecule has 1 aliphatic rings. The molecular weight excluding hydrogens is 204 g/mol. The SMILES string of the molecule is Cc1[nH]c(C=O)c(C)c1CN1CC[C@@H](O)C1. The number of aryl methyl sites for hydroxylation is 1. The molecule has 1 aromatic rings. The number of β-amino-alcohol motifs (C(OH)–C–C–N with tert-alkyl or cyclic N) is 1. The van der Waals surface area contributed by atoms with Crippen LogP contribution in [0.4, 0.5) is 0 Å². The van der Waals surface area contributed by atoms with Gasteiger partial charge in [-0.3, -0.25) is 9.69 Å². The molecule has 0 aliphatic carbocycles. The van der Waals surface area contributed by atoms with Crippen molar-refractivity contribution >= 4 is 6.29 Å². The van der Waals surface area contributed by atoms with Crippen LogP contribution in [0, 0.1) is 13.8 Å². The van der Waals surface area contributed by atoms with Crippen molar-refractivity contribution in [3.63, 3.8) is 0 Å². The van der Waals surface area contributed by atoms with E-state index in [1.165, 1.54) is 5.56 Å². The molecule has 0 unspecified atom stereocenters. The van der Waals surface area contributed by atoms with Crippen molar-refractivity contribution in [3.8, 4) is 0 Å². The Bertz CT molecular complexity index is 398. The van der Waals surface area contributed by atoms with E-state index in [2.05, 4.69) is 9.88 Å². The van der Waals surface area contributed by atoms with Gasteiger partial charge in [0, 0.05) is 25.3 Å². The minimum absolute atomic E-state index is 0.190. The van der Waals surface area contributed by atoms with E-state index in [1.54, 1.807) is 0 Å². The minimum atomic E-state index is -0.190. The molecule has 16 heavy (non-hydrogen) atoms. The molecule has 88 valence electrons. The molecule has 0 radical (unpaired) electrons.